The maximum absolute atomic E-state index is 11.3. The molecule has 0 aromatic carbocycles. The molecule has 2 N–H and O–H groups in total. The van der Waals surface area contributed by atoms with Crippen molar-refractivity contribution < 1.29 is 4.79 Å². The van der Waals surface area contributed by atoms with Crippen LogP contribution in [0.3, 0.4) is 0 Å². The third-order valence-electron chi connectivity index (χ3n) is 2.96. The number of rotatable bonds is 5. The van der Waals surface area contributed by atoms with Crippen LogP contribution in [0.2, 0.25) is 0 Å². The van der Waals surface area contributed by atoms with E-state index in [0.717, 1.165) is 26.2 Å². The Morgan fingerprint density at radius 2 is 2.40 bits per heavy atom. The summed E-state index contributed by atoms with van der Waals surface area (Å²) >= 11 is 0. The molecule has 4 nitrogen and oxygen atoms in total. The first kappa shape index (κ1) is 12.5. The largest absolute Gasteiger partial charge is 0.356 e. The highest BCUT2D eigenvalue weighted by Gasteiger charge is 2.17. The maximum atomic E-state index is 11.3. The summed E-state index contributed by atoms with van der Waals surface area (Å²) in [4.78, 5) is 13.6. The first-order valence-electron chi connectivity index (χ1n) is 5.91. The number of carbonyl (C=O) groups is 1. The lowest BCUT2D eigenvalue weighted by atomic mass is 10.1. The van der Waals surface area contributed by atoms with Crippen molar-refractivity contribution in [3.8, 4) is 0 Å². The highest BCUT2D eigenvalue weighted by molar-refractivity contribution is 5.75. The molecule has 0 aliphatic carbocycles. The van der Waals surface area contributed by atoms with Crippen LogP contribution in [-0.4, -0.2) is 50.1 Å². The standard InChI is InChI=1S/C11H23N3O/c1-3-13-11(15)6-8-14(2)10-5-4-7-12-9-10/h10,12H,3-9H2,1-2H3,(H,13,15). The van der Waals surface area contributed by atoms with Gasteiger partial charge in [0.25, 0.3) is 0 Å². The van der Waals surface area contributed by atoms with E-state index in [9.17, 15) is 4.79 Å². The Balaban J connectivity index is 2.16. The average Bonchev–Trinajstić information content (AvgIpc) is 2.27. The van der Waals surface area contributed by atoms with E-state index in [1.54, 1.807) is 0 Å². The first-order valence-corrected chi connectivity index (χ1v) is 5.91. The van der Waals surface area contributed by atoms with Crippen LogP contribution in [-0.2, 0) is 4.79 Å². The average molecular weight is 213 g/mol. The third-order valence-corrected chi connectivity index (χ3v) is 2.96. The SMILES string of the molecule is CCNC(=O)CCN(C)C1CCCNC1. The second kappa shape index (κ2) is 6.80. The van der Waals surface area contributed by atoms with Crippen molar-refractivity contribution in [2.24, 2.45) is 0 Å². The Labute approximate surface area is 92.4 Å². The van der Waals surface area contributed by atoms with Gasteiger partial charge in [-0.25, -0.2) is 0 Å². The van der Waals surface area contributed by atoms with Crippen molar-refractivity contribution in [1.82, 2.24) is 15.5 Å². The predicted molar refractivity (Wildman–Crippen MR) is 61.8 cm³/mol. The highest BCUT2D eigenvalue weighted by atomic mass is 16.1. The fourth-order valence-corrected chi connectivity index (χ4v) is 1.96. The van der Waals surface area contributed by atoms with Crippen molar-refractivity contribution >= 4 is 5.91 Å². The van der Waals surface area contributed by atoms with E-state index in [2.05, 4.69) is 22.6 Å². The number of carbonyl (C=O) groups excluding carboxylic acids is 1. The Bertz CT molecular complexity index is 190. The molecule has 1 aliphatic heterocycles. The summed E-state index contributed by atoms with van der Waals surface area (Å²) in [6.07, 6.45) is 3.11. The van der Waals surface area contributed by atoms with E-state index in [1.165, 1.54) is 12.8 Å². The summed E-state index contributed by atoms with van der Waals surface area (Å²) < 4.78 is 0. The Kier molecular flexibility index (Phi) is 5.65. The van der Waals surface area contributed by atoms with Crippen LogP contribution in [0.1, 0.15) is 26.2 Å². The van der Waals surface area contributed by atoms with Crippen molar-refractivity contribution in [2.45, 2.75) is 32.2 Å². The van der Waals surface area contributed by atoms with E-state index in [-0.39, 0.29) is 5.91 Å². The van der Waals surface area contributed by atoms with Gasteiger partial charge in [0.15, 0.2) is 0 Å². The minimum absolute atomic E-state index is 0.160. The zero-order chi connectivity index (χ0) is 11.1. The molecule has 88 valence electrons. The zero-order valence-corrected chi connectivity index (χ0v) is 9.88. The number of nitrogens with one attached hydrogen (secondary N) is 2. The molecule has 15 heavy (non-hydrogen) atoms. The Morgan fingerprint density at radius 3 is 3.00 bits per heavy atom. The van der Waals surface area contributed by atoms with Crippen LogP contribution >= 0.6 is 0 Å². The molecule has 0 saturated carbocycles. The van der Waals surface area contributed by atoms with E-state index < -0.39 is 0 Å². The van der Waals surface area contributed by atoms with Gasteiger partial charge in [0.05, 0.1) is 0 Å². The van der Waals surface area contributed by atoms with Crippen LogP contribution in [0.25, 0.3) is 0 Å². The summed E-state index contributed by atoms with van der Waals surface area (Å²) in [7, 11) is 2.11. The van der Waals surface area contributed by atoms with Gasteiger partial charge in [-0.2, -0.15) is 0 Å². The third kappa shape index (κ3) is 4.62. The van der Waals surface area contributed by atoms with E-state index >= 15 is 0 Å². The summed E-state index contributed by atoms with van der Waals surface area (Å²) in [5.41, 5.74) is 0. The second-order valence-corrected chi connectivity index (χ2v) is 4.18. The molecule has 0 bridgehead atoms. The molecule has 0 aromatic rings. The van der Waals surface area contributed by atoms with Crippen LogP contribution in [0.4, 0.5) is 0 Å². The second-order valence-electron chi connectivity index (χ2n) is 4.18. The lowest BCUT2D eigenvalue weighted by Crippen LogP contribution is -2.45. The van der Waals surface area contributed by atoms with Crippen LogP contribution < -0.4 is 10.6 Å². The number of hydrogen-bond acceptors (Lipinski definition) is 3. The molecule has 4 heteroatoms. The van der Waals surface area contributed by atoms with Gasteiger partial charge >= 0.3 is 0 Å². The van der Waals surface area contributed by atoms with Gasteiger partial charge in [-0.15, -0.1) is 0 Å². The minimum Gasteiger partial charge on any atom is -0.356 e. The summed E-state index contributed by atoms with van der Waals surface area (Å²) in [5, 5.41) is 6.21. The summed E-state index contributed by atoms with van der Waals surface area (Å²) in [5.74, 6) is 0.160. The lowest BCUT2D eigenvalue weighted by molar-refractivity contribution is -0.121. The zero-order valence-electron chi connectivity index (χ0n) is 9.88. The van der Waals surface area contributed by atoms with Gasteiger partial charge in [-0.05, 0) is 33.4 Å². The molecular formula is C11H23N3O. The quantitative estimate of drug-likeness (QED) is 0.685. The van der Waals surface area contributed by atoms with Gasteiger partial charge in [0.1, 0.15) is 0 Å². The van der Waals surface area contributed by atoms with Crippen LogP contribution in [0, 0.1) is 0 Å². The summed E-state index contributed by atoms with van der Waals surface area (Å²) in [6, 6.07) is 0.605. The molecular weight excluding hydrogens is 190 g/mol. The van der Waals surface area contributed by atoms with Gasteiger partial charge in [-0.1, -0.05) is 0 Å². The van der Waals surface area contributed by atoms with E-state index in [4.69, 9.17) is 0 Å². The molecule has 1 fully saturated rings. The number of likely N-dealkylation sites (N-methyl/N-ethyl adjacent to an activating group) is 1. The van der Waals surface area contributed by atoms with Crippen molar-refractivity contribution in [3.05, 3.63) is 0 Å². The molecule has 0 spiro atoms. The van der Waals surface area contributed by atoms with Crippen LogP contribution in [0.5, 0.6) is 0 Å². The molecule has 1 heterocycles. The van der Waals surface area contributed by atoms with Gasteiger partial charge in [0, 0.05) is 32.1 Å². The van der Waals surface area contributed by atoms with Crippen molar-refractivity contribution in [2.75, 3.05) is 33.2 Å². The van der Waals surface area contributed by atoms with E-state index in [0.29, 0.717) is 12.5 Å². The van der Waals surface area contributed by atoms with Gasteiger partial charge in [0.2, 0.25) is 5.91 Å². The normalized spacial score (nSPS) is 21.7. The molecule has 0 aromatic heterocycles. The number of piperidine rings is 1. The molecule has 1 saturated heterocycles. The molecule has 1 rings (SSSR count). The number of amides is 1. The van der Waals surface area contributed by atoms with Gasteiger partial charge in [-0.3, -0.25) is 4.79 Å². The fraction of sp³-hybridized carbons (Fsp3) is 0.909. The number of nitrogens with zero attached hydrogens (tertiary/aromatic N) is 1. The lowest BCUT2D eigenvalue weighted by Gasteiger charge is -2.31. The van der Waals surface area contributed by atoms with E-state index in [1.807, 2.05) is 6.92 Å². The Morgan fingerprint density at radius 1 is 1.60 bits per heavy atom. The van der Waals surface area contributed by atoms with Crippen molar-refractivity contribution in [1.29, 1.82) is 0 Å². The highest BCUT2D eigenvalue weighted by Crippen LogP contribution is 2.08. The molecule has 0 radical (unpaired) electrons. The fourth-order valence-electron chi connectivity index (χ4n) is 1.96. The van der Waals surface area contributed by atoms with Gasteiger partial charge < -0.3 is 15.5 Å². The number of hydrogen-bond donors (Lipinski definition) is 2. The monoisotopic (exact) mass is 213 g/mol. The maximum Gasteiger partial charge on any atom is 0.221 e. The molecule has 1 amide bonds. The topological polar surface area (TPSA) is 44.4 Å². The summed E-state index contributed by atoms with van der Waals surface area (Å²) in [6.45, 7) is 5.74. The molecule has 1 atom stereocenters. The first-order chi connectivity index (χ1) is 7.24. The molecule has 1 aliphatic rings. The predicted octanol–water partition coefficient (Wildman–Crippen LogP) is 0.196. The Hall–Kier alpha value is -0.610. The minimum atomic E-state index is 0.160. The van der Waals surface area contributed by atoms with Crippen molar-refractivity contribution in [3.63, 3.8) is 0 Å². The smallest absolute Gasteiger partial charge is 0.221 e. The van der Waals surface area contributed by atoms with Crippen LogP contribution in [0.15, 0.2) is 0 Å². The molecule has 1 unspecified atom stereocenters.